The number of carbonyl (C=O) groups excluding carboxylic acids is 3. The molecule has 0 aliphatic carbocycles. The highest BCUT2D eigenvalue weighted by atomic mass is 16.5. The number of rotatable bonds is 5. The summed E-state index contributed by atoms with van der Waals surface area (Å²) < 4.78 is 4.89. The van der Waals surface area contributed by atoms with E-state index < -0.39 is 11.9 Å². The third-order valence-electron chi connectivity index (χ3n) is 3.58. The van der Waals surface area contributed by atoms with Crippen LogP contribution in [0.25, 0.3) is 0 Å². The van der Waals surface area contributed by atoms with Crippen molar-refractivity contribution in [2.24, 2.45) is 5.92 Å². The molecule has 6 nitrogen and oxygen atoms in total. The molecule has 1 aliphatic heterocycles. The van der Waals surface area contributed by atoms with Gasteiger partial charge in [0.2, 0.25) is 5.91 Å². The van der Waals surface area contributed by atoms with Crippen LogP contribution < -0.4 is 10.2 Å². The Kier molecular flexibility index (Phi) is 5.73. The molecule has 23 heavy (non-hydrogen) atoms. The van der Waals surface area contributed by atoms with Gasteiger partial charge in [-0.05, 0) is 31.0 Å². The minimum atomic E-state index is -0.409. The van der Waals surface area contributed by atoms with E-state index >= 15 is 0 Å². The normalized spacial score (nSPS) is 14.7. The van der Waals surface area contributed by atoms with Crippen molar-refractivity contribution in [3.63, 3.8) is 0 Å². The standard InChI is InChI=1S/C17H22N2O4/c1-12(2)17(22)23-11-15(20)18-13-6-5-7-14(10-13)19-9-4-3-8-16(19)21/h5-7,10,12H,3-4,8-9,11H2,1-2H3,(H,18,20). The fourth-order valence-electron chi connectivity index (χ4n) is 2.33. The number of carbonyl (C=O) groups is 3. The van der Waals surface area contributed by atoms with Crippen molar-refractivity contribution in [2.75, 3.05) is 23.4 Å². The molecule has 2 amide bonds. The third kappa shape index (κ3) is 4.81. The summed E-state index contributed by atoms with van der Waals surface area (Å²) in [6.45, 7) is 3.80. The van der Waals surface area contributed by atoms with Crippen LogP contribution in [0.5, 0.6) is 0 Å². The lowest BCUT2D eigenvalue weighted by Crippen LogP contribution is -2.35. The molecule has 0 bridgehead atoms. The van der Waals surface area contributed by atoms with Crippen LogP contribution in [-0.4, -0.2) is 30.9 Å². The maximum atomic E-state index is 12.0. The van der Waals surface area contributed by atoms with Gasteiger partial charge in [-0.25, -0.2) is 0 Å². The Hall–Kier alpha value is -2.37. The van der Waals surface area contributed by atoms with Gasteiger partial charge in [0.25, 0.3) is 5.91 Å². The van der Waals surface area contributed by atoms with Crippen LogP contribution in [0, 0.1) is 5.92 Å². The zero-order valence-electron chi connectivity index (χ0n) is 13.5. The van der Waals surface area contributed by atoms with Crippen molar-refractivity contribution >= 4 is 29.2 Å². The summed E-state index contributed by atoms with van der Waals surface area (Å²) in [5, 5.41) is 2.68. The van der Waals surface area contributed by atoms with E-state index in [9.17, 15) is 14.4 Å². The predicted molar refractivity (Wildman–Crippen MR) is 87.1 cm³/mol. The SMILES string of the molecule is CC(C)C(=O)OCC(=O)Nc1cccc(N2CCCCC2=O)c1. The second kappa shape index (κ2) is 7.76. The number of hydrogen-bond acceptors (Lipinski definition) is 4. The van der Waals surface area contributed by atoms with Crippen molar-refractivity contribution in [1.82, 2.24) is 0 Å². The topological polar surface area (TPSA) is 75.7 Å². The number of piperidine rings is 1. The smallest absolute Gasteiger partial charge is 0.308 e. The van der Waals surface area contributed by atoms with Crippen LogP contribution in [0.2, 0.25) is 0 Å². The lowest BCUT2D eigenvalue weighted by molar-refractivity contribution is -0.150. The first kappa shape index (κ1) is 17.0. The van der Waals surface area contributed by atoms with Gasteiger partial charge in [0, 0.05) is 24.3 Å². The van der Waals surface area contributed by atoms with Gasteiger partial charge >= 0.3 is 5.97 Å². The number of amides is 2. The molecule has 0 saturated carbocycles. The van der Waals surface area contributed by atoms with Gasteiger partial charge in [0.1, 0.15) is 0 Å². The fourth-order valence-corrected chi connectivity index (χ4v) is 2.33. The number of benzene rings is 1. The van der Waals surface area contributed by atoms with E-state index in [4.69, 9.17) is 4.74 Å². The molecular formula is C17H22N2O4. The van der Waals surface area contributed by atoms with Gasteiger partial charge in [-0.2, -0.15) is 0 Å². The predicted octanol–water partition coefficient (Wildman–Crippen LogP) is 2.34. The Bertz CT molecular complexity index is 598. The summed E-state index contributed by atoms with van der Waals surface area (Å²) >= 11 is 0. The van der Waals surface area contributed by atoms with E-state index in [1.807, 2.05) is 6.07 Å². The van der Waals surface area contributed by atoms with Gasteiger partial charge in [-0.1, -0.05) is 19.9 Å². The molecule has 1 aromatic carbocycles. The van der Waals surface area contributed by atoms with E-state index in [0.29, 0.717) is 18.7 Å². The van der Waals surface area contributed by atoms with E-state index in [2.05, 4.69) is 5.32 Å². The molecule has 1 aliphatic rings. The average Bonchev–Trinajstić information content (AvgIpc) is 2.53. The first-order valence-electron chi connectivity index (χ1n) is 7.84. The van der Waals surface area contributed by atoms with Crippen LogP contribution in [0.1, 0.15) is 33.1 Å². The van der Waals surface area contributed by atoms with E-state index in [-0.39, 0.29) is 18.4 Å². The average molecular weight is 318 g/mol. The molecule has 0 radical (unpaired) electrons. The van der Waals surface area contributed by atoms with Gasteiger partial charge in [-0.3, -0.25) is 14.4 Å². The van der Waals surface area contributed by atoms with Crippen LogP contribution in [0.3, 0.4) is 0 Å². The van der Waals surface area contributed by atoms with Crippen molar-refractivity contribution in [2.45, 2.75) is 33.1 Å². The Balaban J connectivity index is 1.95. The Morgan fingerprint density at radius 2 is 2.09 bits per heavy atom. The van der Waals surface area contributed by atoms with Crippen LogP contribution in [-0.2, 0) is 19.1 Å². The van der Waals surface area contributed by atoms with Crippen molar-refractivity contribution < 1.29 is 19.1 Å². The number of anilines is 2. The zero-order chi connectivity index (χ0) is 16.8. The van der Waals surface area contributed by atoms with Crippen LogP contribution in [0.15, 0.2) is 24.3 Å². The first-order valence-corrected chi connectivity index (χ1v) is 7.84. The van der Waals surface area contributed by atoms with Gasteiger partial charge in [-0.15, -0.1) is 0 Å². The number of hydrogen-bond donors (Lipinski definition) is 1. The maximum Gasteiger partial charge on any atom is 0.308 e. The van der Waals surface area contributed by atoms with Crippen molar-refractivity contribution in [3.8, 4) is 0 Å². The fraction of sp³-hybridized carbons (Fsp3) is 0.471. The van der Waals surface area contributed by atoms with Crippen LogP contribution in [0.4, 0.5) is 11.4 Å². The third-order valence-corrected chi connectivity index (χ3v) is 3.58. The number of ether oxygens (including phenoxy) is 1. The van der Waals surface area contributed by atoms with Gasteiger partial charge < -0.3 is 15.0 Å². The first-order chi connectivity index (χ1) is 11.0. The van der Waals surface area contributed by atoms with Crippen molar-refractivity contribution in [3.05, 3.63) is 24.3 Å². The van der Waals surface area contributed by atoms with Gasteiger partial charge in [0.15, 0.2) is 6.61 Å². The lowest BCUT2D eigenvalue weighted by atomic mass is 10.1. The van der Waals surface area contributed by atoms with Gasteiger partial charge in [0.05, 0.1) is 5.92 Å². The van der Waals surface area contributed by atoms with E-state index in [0.717, 1.165) is 18.5 Å². The Morgan fingerprint density at radius 3 is 2.78 bits per heavy atom. The molecule has 1 saturated heterocycles. The molecule has 1 heterocycles. The minimum Gasteiger partial charge on any atom is -0.455 e. The molecular weight excluding hydrogens is 296 g/mol. The molecule has 1 N–H and O–H groups in total. The molecule has 1 aromatic rings. The highest BCUT2D eigenvalue weighted by Crippen LogP contribution is 2.23. The number of nitrogens with one attached hydrogen (secondary N) is 1. The Labute approximate surface area is 135 Å². The largest absolute Gasteiger partial charge is 0.455 e. The monoisotopic (exact) mass is 318 g/mol. The van der Waals surface area contributed by atoms with Crippen molar-refractivity contribution in [1.29, 1.82) is 0 Å². The molecule has 124 valence electrons. The molecule has 1 fully saturated rings. The molecule has 0 aromatic heterocycles. The summed E-state index contributed by atoms with van der Waals surface area (Å²) in [4.78, 5) is 36.9. The quantitative estimate of drug-likeness (QED) is 0.846. The summed E-state index contributed by atoms with van der Waals surface area (Å²) in [5.74, 6) is -0.976. The second-order valence-electron chi connectivity index (χ2n) is 5.86. The second-order valence-corrected chi connectivity index (χ2v) is 5.86. The minimum absolute atomic E-state index is 0.102. The Morgan fingerprint density at radius 1 is 1.30 bits per heavy atom. The maximum absolute atomic E-state index is 12.0. The molecule has 2 rings (SSSR count). The van der Waals surface area contributed by atoms with E-state index in [1.54, 1.807) is 36.9 Å². The van der Waals surface area contributed by atoms with Crippen LogP contribution >= 0.6 is 0 Å². The summed E-state index contributed by atoms with van der Waals surface area (Å²) in [6, 6.07) is 7.12. The molecule has 0 spiro atoms. The summed E-state index contributed by atoms with van der Waals surface area (Å²) in [6.07, 6.45) is 2.46. The molecule has 0 atom stereocenters. The lowest BCUT2D eigenvalue weighted by Gasteiger charge is -2.27. The zero-order valence-corrected chi connectivity index (χ0v) is 13.5. The summed E-state index contributed by atoms with van der Waals surface area (Å²) in [7, 11) is 0. The molecule has 6 heteroatoms. The molecule has 0 unspecified atom stereocenters. The summed E-state index contributed by atoms with van der Waals surface area (Å²) in [5.41, 5.74) is 1.35. The van der Waals surface area contributed by atoms with E-state index in [1.165, 1.54) is 0 Å². The number of esters is 1. The highest BCUT2D eigenvalue weighted by Gasteiger charge is 2.20. The highest BCUT2D eigenvalue weighted by molar-refractivity contribution is 5.96. The number of nitrogens with zero attached hydrogens (tertiary/aromatic N) is 1.